The third-order valence-corrected chi connectivity index (χ3v) is 3.77. The lowest BCUT2D eigenvalue weighted by molar-refractivity contribution is -0.384. The van der Waals surface area contributed by atoms with Gasteiger partial charge in [0.15, 0.2) is 5.65 Å². The van der Waals surface area contributed by atoms with Crippen LogP contribution in [0.25, 0.3) is 22.2 Å². The second-order valence-corrected chi connectivity index (χ2v) is 5.33. The van der Waals surface area contributed by atoms with Gasteiger partial charge in [0.2, 0.25) is 0 Å². The second kappa shape index (κ2) is 5.70. The summed E-state index contributed by atoms with van der Waals surface area (Å²) in [5, 5.41) is 18.9. The minimum absolute atomic E-state index is 0.173. The molecular formula is C15H14N6O3. The molecule has 1 atom stereocenters. The Labute approximate surface area is 135 Å². The van der Waals surface area contributed by atoms with E-state index in [1.807, 2.05) is 0 Å². The minimum Gasteiger partial charge on any atom is -0.365 e. The summed E-state index contributed by atoms with van der Waals surface area (Å²) in [6.45, 7) is 1.71. The molecule has 0 spiro atoms. The van der Waals surface area contributed by atoms with Crippen LogP contribution in [0.2, 0.25) is 0 Å². The summed E-state index contributed by atoms with van der Waals surface area (Å²) in [7, 11) is 0. The van der Waals surface area contributed by atoms with E-state index < -0.39 is 16.9 Å². The number of nitro groups is 1. The van der Waals surface area contributed by atoms with Crippen molar-refractivity contribution < 1.29 is 9.72 Å². The Kier molecular flexibility index (Phi) is 3.70. The first-order valence-electron chi connectivity index (χ1n) is 7.07. The van der Waals surface area contributed by atoms with Crippen LogP contribution in [0.4, 0.5) is 5.69 Å². The van der Waals surface area contributed by atoms with Crippen molar-refractivity contribution in [2.45, 2.75) is 13.0 Å². The Morgan fingerprint density at radius 1 is 1.38 bits per heavy atom. The molecule has 1 aromatic carbocycles. The Balaban J connectivity index is 2.48. The third-order valence-electron chi connectivity index (χ3n) is 3.77. The maximum absolute atomic E-state index is 11.7. The molecule has 0 aliphatic carbocycles. The number of amides is 1. The number of nitrogens with zero attached hydrogens (tertiary/aromatic N) is 3. The molecule has 122 valence electrons. The average molecular weight is 326 g/mol. The van der Waals surface area contributed by atoms with Crippen LogP contribution in [0.15, 0.2) is 30.6 Å². The number of hydrogen-bond donors (Lipinski definition) is 3. The van der Waals surface area contributed by atoms with Gasteiger partial charge in [0, 0.05) is 23.2 Å². The zero-order valence-corrected chi connectivity index (χ0v) is 12.7. The highest BCUT2D eigenvalue weighted by atomic mass is 16.6. The first kappa shape index (κ1) is 15.6. The first-order valence-corrected chi connectivity index (χ1v) is 7.07. The smallest absolute Gasteiger partial charge is 0.290 e. The number of aromatic amines is 1. The van der Waals surface area contributed by atoms with Crippen molar-refractivity contribution >= 4 is 22.6 Å². The number of hydrogen-bond acceptors (Lipinski definition) is 6. The lowest BCUT2D eigenvalue weighted by Gasteiger charge is -2.15. The predicted molar refractivity (Wildman–Crippen MR) is 87.1 cm³/mol. The number of pyridine rings is 1. The van der Waals surface area contributed by atoms with Crippen LogP contribution in [0.1, 0.15) is 28.9 Å². The van der Waals surface area contributed by atoms with Gasteiger partial charge in [-0.1, -0.05) is 6.07 Å². The fraction of sp³-hybridized carbons (Fsp3) is 0.133. The Hall–Kier alpha value is -3.33. The molecule has 3 rings (SSSR count). The standard InChI is InChI=1S/C15H14N6O3/c1-7(16)8-2-3-10(14(17)22)13(21(23)24)12(8)9-4-5-18-15-11(9)6-19-20-15/h2-7H,16H2,1H3,(H2,17,22)(H,18,19,20). The largest absolute Gasteiger partial charge is 0.365 e. The maximum atomic E-state index is 11.7. The number of primary amides is 1. The van der Waals surface area contributed by atoms with Gasteiger partial charge < -0.3 is 11.5 Å². The molecule has 0 saturated heterocycles. The topological polar surface area (TPSA) is 154 Å². The fourth-order valence-corrected chi connectivity index (χ4v) is 2.73. The summed E-state index contributed by atoms with van der Waals surface area (Å²) in [6, 6.07) is 4.04. The molecule has 5 N–H and O–H groups in total. The Morgan fingerprint density at radius 2 is 2.12 bits per heavy atom. The number of nitrogens with two attached hydrogens (primary N) is 2. The van der Waals surface area contributed by atoms with Crippen LogP contribution in [-0.2, 0) is 0 Å². The molecule has 2 heterocycles. The Morgan fingerprint density at radius 3 is 2.75 bits per heavy atom. The van der Waals surface area contributed by atoms with E-state index in [1.165, 1.54) is 18.5 Å². The fourth-order valence-electron chi connectivity index (χ4n) is 2.73. The van der Waals surface area contributed by atoms with Crippen molar-refractivity contribution in [2.75, 3.05) is 0 Å². The maximum Gasteiger partial charge on any atom is 0.290 e. The van der Waals surface area contributed by atoms with E-state index in [0.717, 1.165) is 0 Å². The quantitative estimate of drug-likeness (QED) is 0.489. The lowest BCUT2D eigenvalue weighted by Crippen LogP contribution is -2.16. The molecule has 0 aliphatic heterocycles. The van der Waals surface area contributed by atoms with Crippen molar-refractivity contribution in [1.29, 1.82) is 0 Å². The van der Waals surface area contributed by atoms with Crippen molar-refractivity contribution in [2.24, 2.45) is 11.5 Å². The molecule has 2 aromatic heterocycles. The summed E-state index contributed by atoms with van der Waals surface area (Å²) in [6.07, 6.45) is 3.02. The highest BCUT2D eigenvalue weighted by Crippen LogP contribution is 2.40. The molecule has 24 heavy (non-hydrogen) atoms. The number of nitrogens with one attached hydrogen (secondary N) is 1. The van der Waals surface area contributed by atoms with Crippen LogP contribution >= 0.6 is 0 Å². The number of benzene rings is 1. The lowest BCUT2D eigenvalue weighted by atomic mass is 9.90. The van der Waals surface area contributed by atoms with Crippen molar-refractivity contribution in [3.8, 4) is 11.1 Å². The van der Waals surface area contributed by atoms with Gasteiger partial charge in [-0.15, -0.1) is 0 Å². The van der Waals surface area contributed by atoms with E-state index in [4.69, 9.17) is 11.5 Å². The number of carbonyl (C=O) groups excluding carboxylic acids is 1. The summed E-state index contributed by atoms with van der Waals surface area (Å²) < 4.78 is 0. The van der Waals surface area contributed by atoms with Gasteiger partial charge in [-0.25, -0.2) is 4.98 Å². The normalized spacial score (nSPS) is 12.2. The van der Waals surface area contributed by atoms with E-state index in [0.29, 0.717) is 22.2 Å². The number of carbonyl (C=O) groups is 1. The molecule has 0 aliphatic rings. The first-order chi connectivity index (χ1) is 11.4. The number of nitro benzene ring substituents is 1. The van der Waals surface area contributed by atoms with E-state index in [1.54, 1.807) is 19.1 Å². The van der Waals surface area contributed by atoms with Crippen LogP contribution in [0.5, 0.6) is 0 Å². The van der Waals surface area contributed by atoms with E-state index in [9.17, 15) is 14.9 Å². The monoisotopic (exact) mass is 326 g/mol. The van der Waals surface area contributed by atoms with E-state index in [-0.39, 0.29) is 16.8 Å². The number of rotatable bonds is 4. The zero-order chi connectivity index (χ0) is 17.4. The summed E-state index contributed by atoms with van der Waals surface area (Å²) in [5.41, 5.74) is 12.5. The molecule has 0 saturated carbocycles. The van der Waals surface area contributed by atoms with Gasteiger partial charge in [0.05, 0.1) is 16.7 Å². The van der Waals surface area contributed by atoms with Gasteiger partial charge >= 0.3 is 0 Å². The van der Waals surface area contributed by atoms with Crippen LogP contribution in [0.3, 0.4) is 0 Å². The SMILES string of the molecule is CC(N)c1ccc(C(N)=O)c([N+](=O)[O-])c1-c1ccnc2[nH]ncc12. The predicted octanol–water partition coefficient (Wildman–Crippen LogP) is 1.65. The van der Waals surface area contributed by atoms with Gasteiger partial charge in [-0.2, -0.15) is 5.10 Å². The van der Waals surface area contributed by atoms with Gasteiger partial charge in [-0.05, 0) is 24.6 Å². The molecular weight excluding hydrogens is 312 g/mol. The van der Waals surface area contributed by atoms with E-state index >= 15 is 0 Å². The molecule has 9 heteroatoms. The van der Waals surface area contributed by atoms with Crippen molar-refractivity contribution in [1.82, 2.24) is 15.2 Å². The number of aromatic nitrogens is 3. The number of H-pyrrole nitrogens is 1. The van der Waals surface area contributed by atoms with Crippen LogP contribution in [-0.4, -0.2) is 26.0 Å². The number of fused-ring (bicyclic) bond motifs is 1. The van der Waals surface area contributed by atoms with Gasteiger partial charge in [0.1, 0.15) is 5.56 Å². The zero-order valence-electron chi connectivity index (χ0n) is 12.7. The summed E-state index contributed by atoms with van der Waals surface area (Å²) in [4.78, 5) is 26.9. The highest BCUT2D eigenvalue weighted by molar-refractivity contribution is 6.04. The van der Waals surface area contributed by atoms with Crippen molar-refractivity contribution in [3.63, 3.8) is 0 Å². The molecule has 3 aromatic rings. The molecule has 1 unspecified atom stereocenters. The summed E-state index contributed by atoms with van der Waals surface area (Å²) in [5.74, 6) is -0.878. The highest BCUT2D eigenvalue weighted by Gasteiger charge is 2.29. The summed E-state index contributed by atoms with van der Waals surface area (Å²) >= 11 is 0. The second-order valence-electron chi connectivity index (χ2n) is 5.33. The van der Waals surface area contributed by atoms with E-state index in [2.05, 4.69) is 15.2 Å². The average Bonchev–Trinajstić information content (AvgIpc) is 3.01. The van der Waals surface area contributed by atoms with Gasteiger partial charge in [-0.3, -0.25) is 20.0 Å². The molecule has 0 bridgehead atoms. The van der Waals surface area contributed by atoms with Crippen LogP contribution < -0.4 is 11.5 Å². The Bertz CT molecular complexity index is 963. The van der Waals surface area contributed by atoms with Crippen molar-refractivity contribution in [3.05, 3.63) is 51.8 Å². The van der Waals surface area contributed by atoms with Gasteiger partial charge in [0.25, 0.3) is 11.6 Å². The minimum atomic E-state index is -0.878. The third kappa shape index (κ3) is 2.36. The molecule has 9 nitrogen and oxygen atoms in total. The molecule has 0 radical (unpaired) electrons. The van der Waals surface area contributed by atoms with Crippen LogP contribution in [0, 0.1) is 10.1 Å². The molecule has 1 amide bonds. The molecule has 0 fully saturated rings.